The number of carbonyl (C=O) groups is 1. The first kappa shape index (κ1) is 14.2. The molecular weight excluding hydrogens is 272 g/mol. The van der Waals surface area contributed by atoms with E-state index in [0.29, 0.717) is 16.4 Å². The standard InChI is InChI=1S/C16H15ClN2O/c1-11-5-7-14(17)15(9-11)19-16(20)8-6-12-3-2-4-13(18)10-12/h2-10H,18H2,1H3,(H,19,20)/b8-6+. The van der Waals surface area contributed by atoms with Crippen molar-refractivity contribution in [2.24, 2.45) is 0 Å². The lowest BCUT2D eigenvalue weighted by Gasteiger charge is -2.05. The van der Waals surface area contributed by atoms with Gasteiger partial charge in [-0.3, -0.25) is 4.79 Å². The minimum atomic E-state index is -0.236. The van der Waals surface area contributed by atoms with Gasteiger partial charge in [0, 0.05) is 11.8 Å². The number of anilines is 2. The number of nitrogen functional groups attached to an aromatic ring is 1. The molecule has 1 amide bonds. The van der Waals surface area contributed by atoms with Crippen molar-refractivity contribution in [2.75, 3.05) is 11.1 Å². The Balaban J connectivity index is 2.07. The molecule has 0 radical (unpaired) electrons. The van der Waals surface area contributed by atoms with Crippen molar-refractivity contribution in [1.29, 1.82) is 0 Å². The van der Waals surface area contributed by atoms with E-state index in [2.05, 4.69) is 5.32 Å². The second kappa shape index (κ2) is 6.26. The minimum Gasteiger partial charge on any atom is -0.399 e. The van der Waals surface area contributed by atoms with Crippen LogP contribution in [0.4, 0.5) is 11.4 Å². The largest absolute Gasteiger partial charge is 0.399 e. The molecule has 3 nitrogen and oxygen atoms in total. The number of nitrogens with one attached hydrogen (secondary N) is 1. The molecule has 0 saturated heterocycles. The number of amides is 1. The van der Waals surface area contributed by atoms with Gasteiger partial charge in [-0.05, 0) is 48.4 Å². The molecule has 0 bridgehead atoms. The van der Waals surface area contributed by atoms with Crippen LogP contribution in [0, 0.1) is 6.92 Å². The van der Waals surface area contributed by atoms with Gasteiger partial charge in [-0.15, -0.1) is 0 Å². The van der Waals surface area contributed by atoms with Crippen molar-refractivity contribution >= 4 is 35.0 Å². The maximum atomic E-state index is 11.8. The van der Waals surface area contributed by atoms with Crippen molar-refractivity contribution in [1.82, 2.24) is 0 Å². The van der Waals surface area contributed by atoms with Crippen molar-refractivity contribution in [3.8, 4) is 0 Å². The Hall–Kier alpha value is -2.26. The van der Waals surface area contributed by atoms with Gasteiger partial charge in [0.2, 0.25) is 5.91 Å². The van der Waals surface area contributed by atoms with E-state index in [1.54, 1.807) is 24.3 Å². The predicted molar refractivity (Wildman–Crippen MR) is 84.7 cm³/mol. The summed E-state index contributed by atoms with van der Waals surface area (Å²) in [5.74, 6) is -0.236. The van der Waals surface area contributed by atoms with E-state index in [1.165, 1.54) is 6.08 Å². The molecule has 3 N–H and O–H groups in total. The molecule has 20 heavy (non-hydrogen) atoms. The summed E-state index contributed by atoms with van der Waals surface area (Å²) < 4.78 is 0. The lowest BCUT2D eigenvalue weighted by atomic mass is 10.2. The number of hydrogen-bond donors (Lipinski definition) is 2. The maximum absolute atomic E-state index is 11.8. The number of carbonyl (C=O) groups excluding carboxylic acids is 1. The Morgan fingerprint density at radius 1 is 1.25 bits per heavy atom. The third-order valence-corrected chi connectivity index (χ3v) is 3.05. The molecule has 0 heterocycles. The van der Waals surface area contributed by atoms with Crippen LogP contribution < -0.4 is 11.1 Å². The topological polar surface area (TPSA) is 55.1 Å². The number of hydrogen-bond acceptors (Lipinski definition) is 2. The van der Waals surface area contributed by atoms with E-state index < -0.39 is 0 Å². The van der Waals surface area contributed by atoms with Gasteiger partial charge in [-0.1, -0.05) is 29.8 Å². The molecule has 0 aliphatic rings. The van der Waals surface area contributed by atoms with Gasteiger partial charge in [-0.2, -0.15) is 0 Å². The van der Waals surface area contributed by atoms with E-state index in [9.17, 15) is 4.79 Å². The average Bonchev–Trinajstić information content (AvgIpc) is 2.41. The van der Waals surface area contributed by atoms with Crippen molar-refractivity contribution in [3.05, 3.63) is 64.7 Å². The maximum Gasteiger partial charge on any atom is 0.248 e. The highest BCUT2D eigenvalue weighted by molar-refractivity contribution is 6.33. The van der Waals surface area contributed by atoms with Crippen LogP contribution in [0.5, 0.6) is 0 Å². The Morgan fingerprint density at radius 3 is 2.80 bits per heavy atom. The summed E-state index contributed by atoms with van der Waals surface area (Å²) in [6, 6.07) is 12.8. The quantitative estimate of drug-likeness (QED) is 0.664. The lowest BCUT2D eigenvalue weighted by Crippen LogP contribution is -2.08. The van der Waals surface area contributed by atoms with E-state index in [-0.39, 0.29) is 5.91 Å². The Kier molecular flexibility index (Phi) is 4.43. The molecule has 0 spiro atoms. The Morgan fingerprint density at radius 2 is 2.05 bits per heavy atom. The number of aryl methyl sites for hydroxylation is 1. The van der Waals surface area contributed by atoms with Gasteiger partial charge in [0.1, 0.15) is 0 Å². The highest BCUT2D eigenvalue weighted by atomic mass is 35.5. The summed E-state index contributed by atoms with van der Waals surface area (Å²) in [5.41, 5.74) is 8.84. The van der Waals surface area contributed by atoms with Crippen molar-refractivity contribution < 1.29 is 4.79 Å². The molecule has 2 aromatic carbocycles. The normalized spacial score (nSPS) is 10.7. The minimum absolute atomic E-state index is 0.236. The van der Waals surface area contributed by atoms with Crippen LogP contribution in [0.1, 0.15) is 11.1 Å². The van der Waals surface area contributed by atoms with Crippen LogP contribution in [-0.2, 0) is 4.79 Å². The molecule has 0 fully saturated rings. The first-order valence-electron chi connectivity index (χ1n) is 6.15. The summed E-state index contributed by atoms with van der Waals surface area (Å²) in [5, 5.41) is 3.26. The smallest absolute Gasteiger partial charge is 0.248 e. The molecule has 102 valence electrons. The van der Waals surface area contributed by atoms with Crippen LogP contribution in [-0.4, -0.2) is 5.91 Å². The van der Waals surface area contributed by atoms with E-state index in [0.717, 1.165) is 11.1 Å². The van der Waals surface area contributed by atoms with Gasteiger partial charge in [-0.25, -0.2) is 0 Å². The van der Waals surface area contributed by atoms with Gasteiger partial charge in [0.25, 0.3) is 0 Å². The summed E-state index contributed by atoms with van der Waals surface area (Å²) in [6.45, 7) is 1.94. The van der Waals surface area contributed by atoms with Gasteiger partial charge < -0.3 is 11.1 Å². The molecule has 0 aliphatic heterocycles. The monoisotopic (exact) mass is 286 g/mol. The zero-order chi connectivity index (χ0) is 14.5. The predicted octanol–water partition coefficient (Wildman–Crippen LogP) is 3.88. The molecular formula is C16H15ClN2O. The van der Waals surface area contributed by atoms with E-state index in [1.807, 2.05) is 31.2 Å². The zero-order valence-corrected chi connectivity index (χ0v) is 11.8. The average molecular weight is 287 g/mol. The van der Waals surface area contributed by atoms with Crippen molar-refractivity contribution in [3.63, 3.8) is 0 Å². The van der Waals surface area contributed by atoms with Crippen molar-refractivity contribution in [2.45, 2.75) is 6.92 Å². The highest BCUT2D eigenvalue weighted by Gasteiger charge is 2.03. The van der Waals surface area contributed by atoms with Crippen LogP contribution >= 0.6 is 11.6 Å². The fourth-order valence-electron chi connectivity index (χ4n) is 1.74. The first-order valence-corrected chi connectivity index (χ1v) is 6.53. The number of benzene rings is 2. The van der Waals surface area contributed by atoms with Crippen LogP contribution in [0.25, 0.3) is 6.08 Å². The third kappa shape index (κ3) is 3.87. The molecule has 0 aromatic heterocycles. The number of rotatable bonds is 3. The van der Waals surface area contributed by atoms with E-state index >= 15 is 0 Å². The van der Waals surface area contributed by atoms with Crippen LogP contribution in [0.15, 0.2) is 48.5 Å². The summed E-state index contributed by atoms with van der Waals surface area (Å²) in [7, 11) is 0. The van der Waals surface area contributed by atoms with Crippen LogP contribution in [0.3, 0.4) is 0 Å². The lowest BCUT2D eigenvalue weighted by molar-refractivity contribution is -0.111. The summed E-state index contributed by atoms with van der Waals surface area (Å²) in [4.78, 5) is 11.8. The Bertz CT molecular complexity index is 665. The summed E-state index contributed by atoms with van der Waals surface area (Å²) >= 11 is 6.02. The third-order valence-electron chi connectivity index (χ3n) is 2.72. The highest BCUT2D eigenvalue weighted by Crippen LogP contribution is 2.22. The zero-order valence-electron chi connectivity index (χ0n) is 11.1. The molecule has 0 saturated carbocycles. The number of halogens is 1. The number of nitrogens with two attached hydrogens (primary N) is 1. The molecule has 0 unspecified atom stereocenters. The van der Waals surface area contributed by atoms with Gasteiger partial charge in [0.05, 0.1) is 10.7 Å². The van der Waals surface area contributed by atoms with Gasteiger partial charge >= 0.3 is 0 Å². The second-order valence-electron chi connectivity index (χ2n) is 4.48. The molecule has 2 rings (SSSR count). The molecule has 0 aliphatic carbocycles. The second-order valence-corrected chi connectivity index (χ2v) is 4.88. The first-order chi connectivity index (χ1) is 9.54. The molecule has 2 aromatic rings. The van der Waals surface area contributed by atoms with Gasteiger partial charge in [0.15, 0.2) is 0 Å². The fourth-order valence-corrected chi connectivity index (χ4v) is 1.91. The van der Waals surface area contributed by atoms with E-state index in [4.69, 9.17) is 17.3 Å². The molecule has 4 heteroatoms. The Labute approximate surface area is 123 Å². The van der Waals surface area contributed by atoms with Crippen LogP contribution in [0.2, 0.25) is 5.02 Å². The fraction of sp³-hybridized carbons (Fsp3) is 0.0625. The summed E-state index contributed by atoms with van der Waals surface area (Å²) in [6.07, 6.45) is 3.16. The SMILES string of the molecule is Cc1ccc(Cl)c(NC(=O)/C=C/c2cccc(N)c2)c1. The molecule has 0 atom stereocenters.